The quantitative estimate of drug-likeness (QED) is 0.602. The minimum Gasteiger partial charge on any atom is -0.350 e. The van der Waals surface area contributed by atoms with Crippen LogP contribution in [0.25, 0.3) is 0 Å². The molecular weight excluding hydrogens is 450 g/mol. The number of sulfone groups is 1. The van der Waals surface area contributed by atoms with Gasteiger partial charge in [-0.05, 0) is 43.2 Å². The smallest absolute Gasteiger partial charge is 0.232 e. The first kappa shape index (κ1) is 24.7. The maximum atomic E-state index is 13.5. The van der Waals surface area contributed by atoms with Gasteiger partial charge in [-0.2, -0.15) is 0 Å². The maximum Gasteiger partial charge on any atom is 0.232 e. The van der Waals surface area contributed by atoms with Crippen molar-refractivity contribution in [2.75, 3.05) is 23.4 Å². The summed E-state index contributed by atoms with van der Waals surface area (Å²) in [5.74, 6) is -2.59. The van der Waals surface area contributed by atoms with Gasteiger partial charge in [-0.25, -0.2) is 25.6 Å². The number of rotatable bonds is 9. The Bertz CT molecular complexity index is 1150. The zero-order chi connectivity index (χ0) is 23.4. The molecule has 170 valence electrons. The molecule has 0 saturated heterocycles. The Kier molecular flexibility index (Phi) is 7.77. The SMILES string of the molecule is CC(NC(=O)CCCN(c1ccc(F)c(F)c1)S(C)(=O)=O)c1ccc(S(C)(=O)=O)cc1. The topological polar surface area (TPSA) is 101 Å². The Labute approximate surface area is 181 Å². The molecular formula is C20H24F2N2O5S2. The predicted octanol–water partition coefficient (Wildman–Crippen LogP) is 2.79. The molecule has 0 aliphatic heterocycles. The summed E-state index contributed by atoms with van der Waals surface area (Å²) in [6, 6.07) is 8.52. The first-order valence-corrected chi connectivity index (χ1v) is 13.0. The fraction of sp³-hybridized carbons (Fsp3) is 0.350. The highest BCUT2D eigenvalue weighted by Gasteiger charge is 2.19. The highest BCUT2D eigenvalue weighted by Crippen LogP contribution is 2.21. The normalized spacial score (nSPS) is 12.9. The molecule has 2 aromatic carbocycles. The first-order chi connectivity index (χ1) is 14.3. The zero-order valence-electron chi connectivity index (χ0n) is 17.3. The minimum atomic E-state index is -3.76. The molecule has 0 saturated carbocycles. The van der Waals surface area contributed by atoms with Crippen molar-refractivity contribution >= 4 is 31.5 Å². The molecule has 31 heavy (non-hydrogen) atoms. The van der Waals surface area contributed by atoms with Crippen molar-refractivity contribution in [1.82, 2.24) is 5.32 Å². The third-order valence-corrected chi connectivity index (χ3v) is 6.86. The van der Waals surface area contributed by atoms with E-state index in [1.807, 2.05) is 0 Å². The average molecular weight is 475 g/mol. The van der Waals surface area contributed by atoms with E-state index in [0.717, 1.165) is 35.0 Å². The van der Waals surface area contributed by atoms with Crippen LogP contribution in [0, 0.1) is 11.6 Å². The van der Waals surface area contributed by atoms with Crippen LogP contribution in [0.1, 0.15) is 31.4 Å². The summed E-state index contributed by atoms with van der Waals surface area (Å²) >= 11 is 0. The number of halogens is 2. The van der Waals surface area contributed by atoms with E-state index in [4.69, 9.17) is 0 Å². The van der Waals surface area contributed by atoms with Gasteiger partial charge in [-0.1, -0.05) is 12.1 Å². The van der Waals surface area contributed by atoms with Crippen LogP contribution in [0.3, 0.4) is 0 Å². The molecule has 0 radical (unpaired) electrons. The van der Waals surface area contributed by atoms with E-state index in [0.29, 0.717) is 5.56 Å². The van der Waals surface area contributed by atoms with Crippen LogP contribution in [0.15, 0.2) is 47.4 Å². The van der Waals surface area contributed by atoms with Gasteiger partial charge in [0.1, 0.15) is 0 Å². The van der Waals surface area contributed by atoms with Crippen LogP contribution < -0.4 is 9.62 Å². The molecule has 1 N–H and O–H groups in total. The number of hydrogen-bond donors (Lipinski definition) is 1. The Hall–Kier alpha value is -2.53. The minimum absolute atomic E-state index is 0.00145. The van der Waals surface area contributed by atoms with Gasteiger partial charge in [0.15, 0.2) is 21.5 Å². The van der Waals surface area contributed by atoms with Gasteiger partial charge in [-0.3, -0.25) is 9.10 Å². The highest BCUT2D eigenvalue weighted by molar-refractivity contribution is 7.92. The van der Waals surface area contributed by atoms with Gasteiger partial charge in [0.25, 0.3) is 0 Å². The molecule has 2 aromatic rings. The van der Waals surface area contributed by atoms with Crippen LogP contribution in [-0.2, 0) is 24.7 Å². The van der Waals surface area contributed by atoms with Crippen molar-refractivity contribution in [2.45, 2.75) is 30.7 Å². The molecule has 0 aliphatic rings. The van der Waals surface area contributed by atoms with E-state index in [1.54, 1.807) is 19.1 Å². The van der Waals surface area contributed by atoms with Gasteiger partial charge in [0.2, 0.25) is 15.9 Å². The second-order valence-electron chi connectivity index (χ2n) is 7.17. The monoisotopic (exact) mass is 474 g/mol. The molecule has 2 rings (SSSR count). The van der Waals surface area contributed by atoms with Gasteiger partial charge in [-0.15, -0.1) is 0 Å². The van der Waals surface area contributed by atoms with Crippen LogP contribution in [0.4, 0.5) is 14.5 Å². The number of carbonyl (C=O) groups is 1. The maximum absolute atomic E-state index is 13.5. The van der Waals surface area contributed by atoms with Gasteiger partial charge in [0, 0.05) is 25.3 Å². The number of sulfonamides is 1. The van der Waals surface area contributed by atoms with Crippen molar-refractivity contribution in [1.29, 1.82) is 0 Å². The lowest BCUT2D eigenvalue weighted by molar-refractivity contribution is -0.121. The molecule has 0 fully saturated rings. The second-order valence-corrected chi connectivity index (χ2v) is 11.1. The van der Waals surface area contributed by atoms with Crippen LogP contribution in [0.2, 0.25) is 0 Å². The third kappa shape index (κ3) is 7.00. The fourth-order valence-electron chi connectivity index (χ4n) is 2.91. The molecule has 0 spiro atoms. The summed E-state index contributed by atoms with van der Waals surface area (Å²) in [6.45, 7) is 1.65. The molecule has 1 unspecified atom stereocenters. The standard InChI is InChI=1S/C20H24F2N2O5S2/c1-14(15-6-9-17(10-7-15)30(2,26)27)23-20(25)5-4-12-24(31(3,28)29)16-8-11-18(21)19(22)13-16/h6-11,13-14H,4-5,12H2,1-3H3,(H,23,25). The summed E-state index contributed by atoms with van der Waals surface area (Å²) in [5.41, 5.74) is 0.682. The van der Waals surface area contributed by atoms with Crippen molar-refractivity contribution in [3.63, 3.8) is 0 Å². The van der Waals surface area contributed by atoms with E-state index in [-0.39, 0.29) is 35.9 Å². The number of hydrogen-bond acceptors (Lipinski definition) is 5. The van der Waals surface area contributed by atoms with Gasteiger partial charge < -0.3 is 5.32 Å². The van der Waals surface area contributed by atoms with E-state index in [1.165, 1.54) is 12.1 Å². The third-order valence-electron chi connectivity index (χ3n) is 4.54. The van der Waals surface area contributed by atoms with Crippen molar-refractivity contribution in [3.8, 4) is 0 Å². The van der Waals surface area contributed by atoms with Crippen LogP contribution in [0.5, 0.6) is 0 Å². The predicted molar refractivity (Wildman–Crippen MR) is 114 cm³/mol. The summed E-state index contributed by atoms with van der Waals surface area (Å²) in [5, 5.41) is 2.76. The second kappa shape index (κ2) is 9.73. The Morgan fingerprint density at radius 2 is 1.61 bits per heavy atom. The fourth-order valence-corrected chi connectivity index (χ4v) is 4.50. The number of nitrogens with one attached hydrogen (secondary N) is 1. The number of carbonyl (C=O) groups excluding carboxylic acids is 1. The largest absolute Gasteiger partial charge is 0.350 e. The average Bonchev–Trinajstić information content (AvgIpc) is 2.66. The lowest BCUT2D eigenvalue weighted by Crippen LogP contribution is -2.32. The molecule has 11 heteroatoms. The van der Waals surface area contributed by atoms with E-state index in [9.17, 15) is 30.4 Å². The molecule has 7 nitrogen and oxygen atoms in total. The van der Waals surface area contributed by atoms with E-state index in [2.05, 4.69) is 5.32 Å². The van der Waals surface area contributed by atoms with Gasteiger partial charge >= 0.3 is 0 Å². The Morgan fingerprint density at radius 3 is 2.13 bits per heavy atom. The van der Waals surface area contributed by atoms with E-state index >= 15 is 0 Å². The summed E-state index contributed by atoms with van der Waals surface area (Å²) < 4.78 is 74.6. The molecule has 0 aliphatic carbocycles. The number of benzene rings is 2. The van der Waals surface area contributed by atoms with Gasteiger partial charge in [0.05, 0.1) is 22.9 Å². The van der Waals surface area contributed by atoms with Crippen molar-refractivity contribution < 1.29 is 30.4 Å². The van der Waals surface area contributed by atoms with Crippen LogP contribution in [-0.4, -0.2) is 41.8 Å². The summed E-state index contributed by atoms with van der Waals surface area (Å²) in [6.07, 6.45) is 2.20. The Morgan fingerprint density at radius 1 is 1.00 bits per heavy atom. The first-order valence-electron chi connectivity index (χ1n) is 9.31. The lowest BCUT2D eigenvalue weighted by atomic mass is 10.1. The molecule has 0 bridgehead atoms. The van der Waals surface area contributed by atoms with Crippen molar-refractivity contribution in [3.05, 3.63) is 59.7 Å². The summed E-state index contributed by atoms with van der Waals surface area (Å²) in [4.78, 5) is 12.4. The lowest BCUT2D eigenvalue weighted by Gasteiger charge is -2.22. The van der Waals surface area contributed by atoms with Crippen LogP contribution >= 0.6 is 0 Å². The Balaban J connectivity index is 1.96. The number of anilines is 1. The molecule has 0 heterocycles. The number of nitrogens with zero attached hydrogens (tertiary/aromatic N) is 1. The number of amides is 1. The molecule has 1 amide bonds. The van der Waals surface area contributed by atoms with E-state index < -0.39 is 37.5 Å². The summed E-state index contributed by atoms with van der Waals surface area (Å²) in [7, 11) is -7.08. The highest BCUT2D eigenvalue weighted by atomic mass is 32.2. The molecule has 1 atom stereocenters. The molecule has 0 aromatic heterocycles. The van der Waals surface area contributed by atoms with Crippen molar-refractivity contribution in [2.24, 2.45) is 0 Å². The zero-order valence-corrected chi connectivity index (χ0v) is 18.9.